The van der Waals surface area contributed by atoms with E-state index in [9.17, 15) is 14.0 Å². The second-order valence-corrected chi connectivity index (χ2v) is 7.68. The van der Waals surface area contributed by atoms with Crippen molar-refractivity contribution >= 4 is 33.1 Å². The van der Waals surface area contributed by atoms with E-state index in [1.165, 1.54) is 34.4 Å². The van der Waals surface area contributed by atoms with Crippen molar-refractivity contribution in [2.75, 3.05) is 5.32 Å². The van der Waals surface area contributed by atoms with Gasteiger partial charge in [-0.3, -0.25) is 14.2 Å². The zero-order chi connectivity index (χ0) is 20.5. The molecule has 2 aromatic heterocycles. The number of fused-ring (bicyclic) bond motifs is 1. The number of benzene rings is 2. The lowest BCUT2D eigenvalue weighted by Gasteiger charge is -2.15. The van der Waals surface area contributed by atoms with Crippen LogP contribution in [0.1, 0.15) is 18.5 Å². The molecule has 0 bridgehead atoms. The number of thiophene rings is 1. The molecule has 0 spiro atoms. The van der Waals surface area contributed by atoms with Gasteiger partial charge in [0.15, 0.2) is 0 Å². The molecule has 1 amide bonds. The van der Waals surface area contributed by atoms with E-state index in [4.69, 9.17) is 0 Å². The normalized spacial score (nSPS) is 12.1. The van der Waals surface area contributed by atoms with E-state index in [0.717, 1.165) is 11.1 Å². The second kappa shape index (κ2) is 7.60. The molecule has 0 saturated heterocycles. The molecule has 7 heteroatoms. The molecule has 29 heavy (non-hydrogen) atoms. The SMILES string of the molecule is Cc1ccc(NC(=O)[C@H](C)n2cnc3scc(-c4ccc(F)cc4)c3c2=O)cc1. The Kier molecular flexibility index (Phi) is 4.98. The van der Waals surface area contributed by atoms with Crippen molar-refractivity contribution in [1.82, 2.24) is 9.55 Å². The van der Waals surface area contributed by atoms with Crippen molar-refractivity contribution in [3.05, 3.63) is 82.0 Å². The van der Waals surface area contributed by atoms with Crippen LogP contribution in [-0.2, 0) is 4.79 Å². The van der Waals surface area contributed by atoms with Gasteiger partial charge in [0.2, 0.25) is 5.91 Å². The number of hydrogen-bond donors (Lipinski definition) is 1. The first kappa shape index (κ1) is 19.0. The number of amides is 1. The molecule has 146 valence electrons. The Morgan fingerprint density at radius 3 is 2.52 bits per heavy atom. The van der Waals surface area contributed by atoms with Crippen LogP contribution in [0.5, 0.6) is 0 Å². The summed E-state index contributed by atoms with van der Waals surface area (Å²) in [6.07, 6.45) is 1.40. The predicted molar refractivity (Wildman–Crippen MR) is 114 cm³/mol. The number of aryl methyl sites for hydroxylation is 1. The molecule has 0 radical (unpaired) electrons. The van der Waals surface area contributed by atoms with Crippen molar-refractivity contribution in [1.29, 1.82) is 0 Å². The minimum absolute atomic E-state index is 0.304. The van der Waals surface area contributed by atoms with E-state index < -0.39 is 6.04 Å². The van der Waals surface area contributed by atoms with Gasteiger partial charge < -0.3 is 5.32 Å². The van der Waals surface area contributed by atoms with Gasteiger partial charge in [-0.25, -0.2) is 9.37 Å². The Balaban J connectivity index is 1.70. The highest BCUT2D eigenvalue weighted by atomic mass is 32.1. The van der Waals surface area contributed by atoms with Gasteiger partial charge in [-0.15, -0.1) is 11.3 Å². The Morgan fingerprint density at radius 1 is 1.14 bits per heavy atom. The van der Waals surface area contributed by atoms with Crippen molar-refractivity contribution in [3.8, 4) is 11.1 Å². The summed E-state index contributed by atoms with van der Waals surface area (Å²) in [4.78, 5) is 30.8. The van der Waals surface area contributed by atoms with Gasteiger partial charge in [-0.05, 0) is 43.7 Å². The van der Waals surface area contributed by atoms with Crippen LogP contribution in [-0.4, -0.2) is 15.5 Å². The summed E-state index contributed by atoms with van der Waals surface area (Å²) in [6, 6.07) is 12.6. The van der Waals surface area contributed by atoms with Gasteiger partial charge in [-0.1, -0.05) is 29.8 Å². The lowest BCUT2D eigenvalue weighted by Crippen LogP contribution is -2.31. The fraction of sp³-hybridized carbons (Fsp3) is 0.136. The standard InChI is InChI=1S/C22H18FN3O2S/c1-13-3-9-17(10-4-13)25-20(27)14(2)26-12-24-21-19(22(26)28)18(11-29-21)15-5-7-16(23)8-6-15/h3-12,14H,1-2H3,(H,25,27)/t14-/m0/s1. The maximum Gasteiger partial charge on any atom is 0.263 e. The molecule has 0 saturated carbocycles. The molecule has 0 aliphatic heterocycles. The highest BCUT2D eigenvalue weighted by Gasteiger charge is 2.20. The molecule has 2 aromatic carbocycles. The summed E-state index contributed by atoms with van der Waals surface area (Å²) in [5.41, 5.74) is 2.86. The highest BCUT2D eigenvalue weighted by Crippen LogP contribution is 2.31. The number of aromatic nitrogens is 2. The van der Waals surface area contributed by atoms with Crippen LogP contribution in [0.2, 0.25) is 0 Å². The van der Waals surface area contributed by atoms with Crippen LogP contribution in [0.15, 0.2) is 65.0 Å². The first-order chi connectivity index (χ1) is 13.9. The van der Waals surface area contributed by atoms with Crippen molar-refractivity contribution in [3.63, 3.8) is 0 Å². The zero-order valence-corrected chi connectivity index (χ0v) is 16.7. The zero-order valence-electron chi connectivity index (χ0n) is 15.8. The third-order valence-electron chi connectivity index (χ3n) is 4.79. The van der Waals surface area contributed by atoms with Gasteiger partial charge >= 0.3 is 0 Å². The maximum atomic E-state index is 13.3. The molecule has 1 N–H and O–H groups in total. The summed E-state index contributed by atoms with van der Waals surface area (Å²) >= 11 is 1.34. The van der Waals surface area contributed by atoms with Gasteiger partial charge in [0.25, 0.3) is 5.56 Å². The molecular weight excluding hydrogens is 389 g/mol. The van der Waals surface area contributed by atoms with Crippen LogP contribution in [0.3, 0.4) is 0 Å². The van der Waals surface area contributed by atoms with Gasteiger partial charge in [-0.2, -0.15) is 0 Å². The maximum absolute atomic E-state index is 13.3. The molecule has 0 fully saturated rings. The van der Waals surface area contributed by atoms with E-state index in [1.54, 1.807) is 19.1 Å². The predicted octanol–water partition coefficient (Wildman–Crippen LogP) is 4.77. The number of anilines is 1. The number of nitrogens with zero attached hydrogens (tertiary/aromatic N) is 2. The quantitative estimate of drug-likeness (QED) is 0.530. The highest BCUT2D eigenvalue weighted by molar-refractivity contribution is 7.17. The van der Waals surface area contributed by atoms with Crippen molar-refractivity contribution < 1.29 is 9.18 Å². The smallest absolute Gasteiger partial charge is 0.263 e. The molecule has 0 unspecified atom stereocenters. The van der Waals surface area contributed by atoms with Gasteiger partial charge in [0.05, 0.1) is 11.7 Å². The Morgan fingerprint density at radius 2 is 1.83 bits per heavy atom. The number of rotatable bonds is 4. The Bertz CT molecular complexity index is 1240. The molecule has 5 nitrogen and oxygen atoms in total. The van der Waals surface area contributed by atoms with E-state index in [-0.39, 0.29) is 17.3 Å². The van der Waals surface area contributed by atoms with Crippen LogP contribution in [0.25, 0.3) is 21.3 Å². The summed E-state index contributed by atoms with van der Waals surface area (Å²) in [5, 5.41) is 5.08. The number of nitrogens with one attached hydrogen (secondary N) is 1. The topological polar surface area (TPSA) is 64.0 Å². The van der Waals surface area contributed by atoms with E-state index in [0.29, 0.717) is 21.5 Å². The number of hydrogen-bond acceptors (Lipinski definition) is 4. The fourth-order valence-electron chi connectivity index (χ4n) is 3.07. The average molecular weight is 407 g/mol. The molecular formula is C22H18FN3O2S. The van der Waals surface area contributed by atoms with Gasteiger partial charge in [0.1, 0.15) is 16.7 Å². The molecule has 0 aliphatic rings. The third-order valence-corrected chi connectivity index (χ3v) is 5.68. The summed E-state index contributed by atoms with van der Waals surface area (Å²) in [7, 11) is 0. The lowest BCUT2D eigenvalue weighted by atomic mass is 10.1. The molecule has 2 heterocycles. The van der Waals surface area contributed by atoms with Gasteiger partial charge in [0, 0.05) is 16.6 Å². The molecule has 4 rings (SSSR count). The largest absolute Gasteiger partial charge is 0.324 e. The van der Waals surface area contributed by atoms with E-state index in [1.807, 2.05) is 36.6 Å². The first-order valence-electron chi connectivity index (χ1n) is 9.06. The number of halogens is 1. The fourth-order valence-corrected chi connectivity index (χ4v) is 3.98. The number of carbonyl (C=O) groups is 1. The van der Waals surface area contributed by atoms with Crippen molar-refractivity contribution in [2.45, 2.75) is 19.9 Å². The van der Waals surface area contributed by atoms with Crippen LogP contribution in [0.4, 0.5) is 10.1 Å². The monoisotopic (exact) mass is 407 g/mol. The van der Waals surface area contributed by atoms with Crippen LogP contribution < -0.4 is 10.9 Å². The average Bonchev–Trinajstić information content (AvgIpc) is 3.15. The van der Waals surface area contributed by atoms with E-state index >= 15 is 0 Å². The van der Waals surface area contributed by atoms with Crippen LogP contribution in [0, 0.1) is 12.7 Å². The Labute approximate surface area is 170 Å². The Hall–Kier alpha value is -3.32. The second-order valence-electron chi connectivity index (χ2n) is 6.82. The summed E-state index contributed by atoms with van der Waals surface area (Å²) in [5.74, 6) is -0.652. The molecule has 4 aromatic rings. The summed E-state index contributed by atoms with van der Waals surface area (Å²) < 4.78 is 14.6. The van der Waals surface area contributed by atoms with Crippen LogP contribution >= 0.6 is 11.3 Å². The minimum atomic E-state index is -0.748. The third kappa shape index (κ3) is 3.69. The minimum Gasteiger partial charge on any atom is -0.324 e. The number of carbonyl (C=O) groups excluding carboxylic acids is 1. The molecule has 0 aliphatic carbocycles. The summed E-state index contributed by atoms with van der Waals surface area (Å²) in [6.45, 7) is 3.62. The van der Waals surface area contributed by atoms with Crippen molar-refractivity contribution in [2.24, 2.45) is 0 Å². The first-order valence-corrected chi connectivity index (χ1v) is 9.94. The molecule has 1 atom stereocenters. The van der Waals surface area contributed by atoms with E-state index in [2.05, 4.69) is 10.3 Å². The lowest BCUT2D eigenvalue weighted by molar-refractivity contribution is -0.118.